The number of hydrogen-bond donors (Lipinski definition) is 1. The maximum absolute atomic E-state index is 13.8. The molecule has 0 bridgehead atoms. The van der Waals surface area contributed by atoms with Crippen molar-refractivity contribution in [3.8, 4) is 17.2 Å². The first kappa shape index (κ1) is 21.1. The molecule has 31 heavy (non-hydrogen) atoms. The molecule has 4 nitrogen and oxygen atoms in total. The molecule has 3 aromatic carbocycles. The van der Waals surface area contributed by atoms with Crippen LogP contribution in [-0.2, 0) is 19.5 Å². The zero-order valence-electron chi connectivity index (χ0n) is 17.5. The van der Waals surface area contributed by atoms with E-state index in [0.717, 1.165) is 46.9 Å². The molecule has 0 saturated carbocycles. The molecule has 0 fully saturated rings. The lowest BCUT2D eigenvalue weighted by atomic mass is 10.1. The number of ether oxygens (including phenoxy) is 3. The summed E-state index contributed by atoms with van der Waals surface area (Å²) in [5, 5.41) is 0. The Hall–Kier alpha value is -3.12. The predicted octanol–water partition coefficient (Wildman–Crippen LogP) is 3.92. The lowest BCUT2D eigenvalue weighted by molar-refractivity contribution is -0.927. The number of benzene rings is 3. The summed E-state index contributed by atoms with van der Waals surface area (Å²) in [5.74, 6) is 0.743. The summed E-state index contributed by atoms with van der Waals surface area (Å²) in [6, 6.07) is 18.1. The molecule has 0 saturated heterocycles. The standard InChI is InChI=1S/C25H25F2NO3/c1-2-29-23-6-4-3-5-20(23)16-28(15-19-7-9-21(26)22(27)13-19)12-11-18-8-10-24-25(14-18)31-17-30-24/h3-10,13-14H,2,11-12,15-17H2,1H3/p+1. The predicted molar refractivity (Wildman–Crippen MR) is 113 cm³/mol. The van der Waals surface area contributed by atoms with Gasteiger partial charge in [-0.1, -0.05) is 24.3 Å². The molecule has 1 atom stereocenters. The molecule has 1 aliphatic rings. The van der Waals surface area contributed by atoms with E-state index in [9.17, 15) is 8.78 Å². The molecule has 0 aliphatic carbocycles. The van der Waals surface area contributed by atoms with Crippen LogP contribution in [0.25, 0.3) is 0 Å². The van der Waals surface area contributed by atoms with E-state index in [-0.39, 0.29) is 6.79 Å². The SMILES string of the molecule is CCOc1ccccc1C[NH+](CCc1ccc2c(c1)OCO2)Cc1ccc(F)c(F)c1. The molecule has 0 radical (unpaired) electrons. The van der Waals surface area contributed by atoms with Crippen LogP contribution in [0.5, 0.6) is 17.2 Å². The second kappa shape index (κ2) is 9.79. The summed E-state index contributed by atoms with van der Waals surface area (Å²) in [4.78, 5) is 1.22. The van der Waals surface area contributed by atoms with Gasteiger partial charge >= 0.3 is 0 Å². The summed E-state index contributed by atoms with van der Waals surface area (Å²) >= 11 is 0. The number of para-hydroxylation sites is 1. The highest BCUT2D eigenvalue weighted by Gasteiger charge is 2.17. The van der Waals surface area contributed by atoms with Crippen molar-refractivity contribution in [2.45, 2.75) is 26.4 Å². The number of quaternary nitrogens is 1. The third-order valence-corrected chi connectivity index (χ3v) is 5.36. The van der Waals surface area contributed by atoms with Crippen molar-refractivity contribution in [2.75, 3.05) is 19.9 Å². The number of halogens is 2. The van der Waals surface area contributed by atoms with Crippen LogP contribution in [0.3, 0.4) is 0 Å². The van der Waals surface area contributed by atoms with E-state index < -0.39 is 11.6 Å². The maximum atomic E-state index is 13.8. The normalized spacial score (nSPS) is 13.3. The molecule has 4 rings (SSSR count). The van der Waals surface area contributed by atoms with Crippen LogP contribution < -0.4 is 19.1 Å². The van der Waals surface area contributed by atoms with E-state index in [1.165, 1.54) is 17.0 Å². The van der Waals surface area contributed by atoms with Gasteiger partial charge in [-0.3, -0.25) is 0 Å². The van der Waals surface area contributed by atoms with Crippen LogP contribution in [0.15, 0.2) is 60.7 Å². The first-order chi connectivity index (χ1) is 15.1. The van der Waals surface area contributed by atoms with Crippen molar-refractivity contribution in [3.05, 3.63) is 89.0 Å². The minimum absolute atomic E-state index is 0.251. The molecular formula is C25H26F2NO3+. The van der Waals surface area contributed by atoms with Crippen molar-refractivity contribution < 1.29 is 27.9 Å². The average Bonchev–Trinajstić information content (AvgIpc) is 3.24. The molecule has 6 heteroatoms. The van der Waals surface area contributed by atoms with Crippen LogP contribution in [0.2, 0.25) is 0 Å². The zero-order valence-corrected chi connectivity index (χ0v) is 17.5. The Labute approximate surface area is 181 Å². The Morgan fingerprint density at radius 1 is 0.871 bits per heavy atom. The Morgan fingerprint density at radius 3 is 2.52 bits per heavy atom. The monoisotopic (exact) mass is 426 g/mol. The molecule has 0 spiro atoms. The third-order valence-electron chi connectivity index (χ3n) is 5.36. The van der Waals surface area contributed by atoms with Crippen LogP contribution in [0.1, 0.15) is 23.6 Å². The Kier molecular flexibility index (Phi) is 6.67. The third kappa shape index (κ3) is 5.33. The zero-order chi connectivity index (χ0) is 21.6. The minimum Gasteiger partial charge on any atom is -0.493 e. The highest BCUT2D eigenvalue weighted by atomic mass is 19.2. The largest absolute Gasteiger partial charge is 0.493 e. The fourth-order valence-corrected chi connectivity index (χ4v) is 3.81. The van der Waals surface area contributed by atoms with Crippen LogP contribution in [-0.4, -0.2) is 19.9 Å². The maximum Gasteiger partial charge on any atom is 0.231 e. The number of rotatable bonds is 9. The molecule has 1 aliphatic heterocycles. The van der Waals surface area contributed by atoms with Gasteiger partial charge in [-0.25, -0.2) is 8.78 Å². The summed E-state index contributed by atoms with van der Waals surface area (Å²) in [6.45, 7) is 4.89. The van der Waals surface area contributed by atoms with Gasteiger partial charge in [0.25, 0.3) is 0 Å². The van der Waals surface area contributed by atoms with Crippen molar-refractivity contribution in [1.82, 2.24) is 0 Å². The second-order valence-electron chi connectivity index (χ2n) is 7.58. The van der Waals surface area contributed by atoms with Crippen LogP contribution in [0, 0.1) is 11.6 Å². The van der Waals surface area contributed by atoms with E-state index in [1.54, 1.807) is 6.07 Å². The van der Waals surface area contributed by atoms with Gasteiger partial charge in [-0.2, -0.15) is 0 Å². The number of fused-ring (bicyclic) bond motifs is 1. The fraction of sp³-hybridized carbons (Fsp3) is 0.280. The van der Waals surface area contributed by atoms with Gasteiger partial charge < -0.3 is 19.1 Å². The van der Waals surface area contributed by atoms with E-state index in [1.807, 2.05) is 43.3 Å². The summed E-state index contributed by atoms with van der Waals surface area (Å²) in [7, 11) is 0. The average molecular weight is 426 g/mol. The van der Waals surface area contributed by atoms with E-state index in [4.69, 9.17) is 14.2 Å². The molecular weight excluding hydrogens is 400 g/mol. The molecule has 1 N–H and O–H groups in total. The van der Waals surface area contributed by atoms with Gasteiger partial charge in [0, 0.05) is 17.5 Å². The lowest BCUT2D eigenvalue weighted by Gasteiger charge is -2.21. The van der Waals surface area contributed by atoms with Gasteiger partial charge in [0.05, 0.1) is 13.2 Å². The molecule has 0 aromatic heterocycles. The van der Waals surface area contributed by atoms with E-state index in [0.29, 0.717) is 19.7 Å². The first-order valence-corrected chi connectivity index (χ1v) is 10.5. The molecule has 1 heterocycles. The molecule has 0 amide bonds. The first-order valence-electron chi connectivity index (χ1n) is 10.5. The van der Waals surface area contributed by atoms with Crippen molar-refractivity contribution in [3.63, 3.8) is 0 Å². The van der Waals surface area contributed by atoms with Crippen LogP contribution in [0.4, 0.5) is 8.78 Å². The van der Waals surface area contributed by atoms with Gasteiger partial charge in [-0.15, -0.1) is 0 Å². The topological polar surface area (TPSA) is 32.1 Å². The van der Waals surface area contributed by atoms with Crippen molar-refractivity contribution in [1.29, 1.82) is 0 Å². The van der Waals surface area contributed by atoms with Crippen molar-refractivity contribution in [2.24, 2.45) is 0 Å². The highest BCUT2D eigenvalue weighted by molar-refractivity contribution is 5.44. The number of nitrogens with one attached hydrogen (secondary N) is 1. The van der Waals surface area contributed by atoms with Gasteiger partial charge in [-0.05, 0) is 48.9 Å². The summed E-state index contributed by atoms with van der Waals surface area (Å²) in [5.41, 5.74) is 2.99. The molecule has 162 valence electrons. The molecule has 1 unspecified atom stereocenters. The van der Waals surface area contributed by atoms with E-state index in [2.05, 4.69) is 6.07 Å². The summed E-state index contributed by atoms with van der Waals surface area (Å²) < 4.78 is 43.8. The van der Waals surface area contributed by atoms with E-state index >= 15 is 0 Å². The summed E-state index contributed by atoms with van der Waals surface area (Å²) in [6.07, 6.45) is 0.812. The highest BCUT2D eigenvalue weighted by Crippen LogP contribution is 2.32. The quantitative estimate of drug-likeness (QED) is 0.563. The fourth-order valence-electron chi connectivity index (χ4n) is 3.81. The lowest BCUT2D eigenvalue weighted by Crippen LogP contribution is -3.09. The van der Waals surface area contributed by atoms with Gasteiger partial charge in [0.1, 0.15) is 18.8 Å². The Morgan fingerprint density at radius 2 is 1.68 bits per heavy atom. The second-order valence-corrected chi connectivity index (χ2v) is 7.58. The molecule has 3 aromatic rings. The van der Waals surface area contributed by atoms with Crippen LogP contribution >= 0.6 is 0 Å². The smallest absolute Gasteiger partial charge is 0.231 e. The Bertz CT molecular complexity index is 1040. The Balaban J connectivity index is 1.52. The van der Waals surface area contributed by atoms with Gasteiger partial charge in [0.2, 0.25) is 6.79 Å². The minimum atomic E-state index is -0.827. The van der Waals surface area contributed by atoms with Gasteiger partial charge in [0.15, 0.2) is 23.1 Å². The van der Waals surface area contributed by atoms with Crippen molar-refractivity contribution >= 4 is 0 Å². The number of hydrogen-bond acceptors (Lipinski definition) is 3.